The van der Waals surface area contributed by atoms with Crippen molar-refractivity contribution in [1.82, 2.24) is 14.9 Å². The summed E-state index contributed by atoms with van der Waals surface area (Å²) < 4.78 is 12.0. The predicted octanol–water partition coefficient (Wildman–Crippen LogP) is -0.220. The zero-order chi connectivity index (χ0) is 21.2. The molecule has 9 nitrogen and oxygen atoms in total. The van der Waals surface area contributed by atoms with Gasteiger partial charge in [-0.25, -0.2) is 9.97 Å². The number of carbonyl (C=O) groups excluding carboxylic acids is 1. The fourth-order valence-corrected chi connectivity index (χ4v) is 3.49. The lowest BCUT2D eigenvalue weighted by molar-refractivity contribution is -0.143. The number of likely N-dealkylation sites (tertiary alicyclic amines) is 1. The number of piperidine rings is 1. The van der Waals surface area contributed by atoms with Crippen LogP contribution in [0, 0.1) is 5.92 Å². The number of anilines is 1. The molecule has 0 aromatic carbocycles. The number of aromatic nitrogens is 2. The molecule has 0 unspecified atom stereocenters. The number of carbonyl (C=O) groups is 1. The average Bonchev–Trinajstić information content (AvgIpc) is 2.93. The first-order valence-electron chi connectivity index (χ1n) is 10.1. The highest BCUT2D eigenvalue weighted by molar-refractivity contribution is 6.61. The highest BCUT2D eigenvalue weighted by Crippen LogP contribution is 2.36. The number of nitrogens with zero attached hydrogens (tertiary/aromatic N) is 3. The summed E-state index contributed by atoms with van der Waals surface area (Å²) in [6.45, 7) is 9.21. The molecule has 3 rings (SSSR count). The zero-order valence-electron chi connectivity index (χ0n) is 17.6. The van der Waals surface area contributed by atoms with E-state index < -0.39 is 36.9 Å². The number of hydrogen-bond donors (Lipinski definition) is 3. The average molecular weight is 406 g/mol. The summed E-state index contributed by atoms with van der Waals surface area (Å²) in [6, 6.07) is 0. The molecule has 3 N–H and O–H groups in total. The van der Waals surface area contributed by atoms with Crippen molar-refractivity contribution in [2.45, 2.75) is 57.8 Å². The van der Waals surface area contributed by atoms with Gasteiger partial charge in [-0.2, -0.15) is 0 Å². The second kappa shape index (κ2) is 8.55. The van der Waals surface area contributed by atoms with Gasteiger partial charge >= 0.3 is 7.12 Å². The van der Waals surface area contributed by atoms with Gasteiger partial charge in [-0.1, -0.05) is 0 Å². The van der Waals surface area contributed by atoms with Gasteiger partial charge in [-0.15, -0.1) is 0 Å². The summed E-state index contributed by atoms with van der Waals surface area (Å²) in [5.74, 6) is 0.314. The van der Waals surface area contributed by atoms with Crippen LogP contribution >= 0.6 is 0 Å². The van der Waals surface area contributed by atoms with Crippen molar-refractivity contribution in [2.75, 3.05) is 31.6 Å². The maximum atomic E-state index is 12.1. The van der Waals surface area contributed by atoms with Crippen LogP contribution in [0.3, 0.4) is 0 Å². The van der Waals surface area contributed by atoms with Crippen molar-refractivity contribution >= 4 is 24.4 Å². The molecule has 2 aliphatic rings. The van der Waals surface area contributed by atoms with Gasteiger partial charge in [-0.05, 0) is 46.5 Å². The molecule has 0 aliphatic carbocycles. The summed E-state index contributed by atoms with van der Waals surface area (Å²) in [5, 5.41) is 21.7. The lowest BCUT2D eigenvalue weighted by atomic mass is 9.81. The van der Waals surface area contributed by atoms with E-state index in [-0.39, 0.29) is 5.92 Å². The van der Waals surface area contributed by atoms with E-state index in [1.54, 1.807) is 17.3 Å². The summed E-state index contributed by atoms with van der Waals surface area (Å²) in [6.07, 6.45) is 3.89. The molecular weight excluding hydrogens is 375 g/mol. The third-order valence-electron chi connectivity index (χ3n) is 6.03. The third-order valence-corrected chi connectivity index (χ3v) is 6.03. The van der Waals surface area contributed by atoms with Crippen molar-refractivity contribution in [1.29, 1.82) is 0 Å². The van der Waals surface area contributed by atoms with Crippen molar-refractivity contribution in [3.63, 3.8) is 0 Å². The second-order valence-electron chi connectivity index (χ2n) is 8.80. The molecule has 1 amide bonds. The highest BCUT2D eigenvalue weighted by Gasteiger charge is 2.51. The van der Waals surface area contributed by atoms with Crippen LogP contribution in [-0.2, 0) is 14.1 Å². The summed E-state index contributed by atoms with van der Waals surface area (Å²) in [7, 11) is -0.495. The van der Waals surface area contributed by atoms with Gasteiger partial charge in [0.05, 0.1) is 17.8 Å². The van der Waals surface area contributed by atoms with Crippen LogP contribution in [0.5, 0.6) is 0 Å². The van der Waals surface area contributed by atoms with Crippen LogP contribution in [-0.4, -0.2) is 81.7 Å². The Morgan fingerprint density at radius 3 is 2.52 bits per heavy atom. The first kappa shape index (κ1) is 22.0. The van der Waals surface area contributed by atoms with Crippen LogP contribution in [0.2, 0.25) is 0 Å². The van der Waals surface area contributed by atoms with Crippen LogP contribution in [0.25, 0.3) is 0 Å². The zero-order valence-corrected chi connectivity index (χ0v) is 17.6. The highest BCUT2D eigenvalue weighted by atomic mass is 16.7. The number of rotatable bonds is 6. The molecule has 29 heavy (non-hydrogen) atoms. The van der Waals surface area contributed by atoms with Crippen molar-refractivity contribution in [3.8, 4) is 0 Å². The van der Waals surface area contributed by atoms with E-state index in [9.17, 15) is 9.90 Å². The fraction of sp³-hybridized carbons (Fsp3) is 0.737. The van der Waals surface area contributed by atoms with Gasteiger partial charge in [0.1, 0.15) is 0 Å². The van der Waals surface area contributed by atoms with E-state index in [4.69, 9.17) is 14.4 Å². The summed E-state index contributed by atoms with van der Waals surface area (Å²) in [4.78, 5) is 22.4. The Morgan fingerprint density at radius 1 is 1.31 bits per heavy atom. The number of nitrogens with one attached hydrogen (secondary N) is 1. The molecule has 0 bridgehead atoms. The Labute approximate surface area is 172 Å². The van der Waals surface area contributed by atoms with Gasteiger partial charge in [0.2, 0.25) is 5.95 Å². The van der Waals surface area contributed by atoms with E-state index in [0.29, 0.717) is 25.6 Å². The Bertz CT molecular complexity index is 699. The third kappa shape index (κ3) is 4.88. The SMILES string of the molecule is CC1(C)OB(c2cnc(NC[C@@H]3CCCN(C(=O)[C@@H](O)CO)C3)nc2)OC1(C)C. The van der Waals surface area contributed by atoms with E-state index in [1.807, 2.05) is 27.7 Å². The van der Waals surface area contributed by atoms with Crippen LogP contribution in [0.4, 0.5) is 5.95 Å². The predicted molar refractivity (Wildman–Crippen MR) is 109 cm³/mol. The van der Waals surface area contributed by atoms with E-state index in [1.165, 1.54) is 0 Å². The minimum absolute atomic E-state index is 0.227. The second-order valence-corrected chi connectivity index (χ2v) is 8.80. The first-order valence-corrected chi connectivity index (χ1v) is 10.1. The standard InChI is InChI=1S/C19H31BN4O5/c1-18(2)19(3,4)29-20(28-18)14-9-22-17(23-10-14)21-8-13-6-5-7-24(11-13)16(27)15(26)12-25/h9-10,13,15,25-26H,5-8,11-12H2,1-4H3,(H,21,22,23)/t13-,15-/m0/s1. The van der Waals surface area contributed by atoms with Gasteiger partial charge < -0.3 is 29.7 Å². The van der Waals surface area contributed by atoms with Crippen LogP contribution in [0.15, 0.2) is 12.4 Å². The molecule has 10 heteroatoms. The number of aliphatic hydroxyl groups excluding tert-OH is 2. The minimum Gasteiger partial charge on any atom is -0.399 e. The summed E-state index contributed by atoms with van der Waals surface area (Å²) in [5.41, 5.74) is -0.0630. The summed E-state index contributed by atoms with van der Waals surface area (Å²) >= 11 is 0. The molecule has 160 valence electrons. The Kier molecular flexibility index (Phi) is 6.47. The molecule has 2 aliphatic heterocycles. The quantitative estimate of drug-likeness (QED) is 0.556. The minimum atomic E-state index is -1.34. The maximum absolute atomic E-state index is 12.1. The monoisotopic (exact) mass is 406 g/mol. The Hall–Kier alpha value is -1.75. The normalized spacial score (nSPS) is 24.4. The molecule has 3 heterocycles. The number of amides is 1. The van der Waals surface area contributed by atoms with Gasteiger partial charge in [0.15, 0.2) is 6.10 Å². The molecule has 2 fully saturated rings. The van der Waals surface area contributed by atoms with Gasteiger partial charge in [0.25, 0.3) is 5.91 Å². The Morgan fingerprint density at radius 2 is 1.93 bits per heavy atom. The topological polar surface area (TPSA) is 117 Å². The maximum Gasteiger partial charge on any atom is 0.498 e. The van der Waals surface area contributed by atoms with Gasteiger partial charge in [0, 0.05) is 37.5 Å². The molecule has 2 atom stereocenters. The molecule has 1 aromatic rings. The molecule has 0 spiro atoms. The lowest BCUT2D eigenvalue weighted by Crippen LogP contribution is -2.47. The lowest BCUT2D eigenvalue weighted by Gasteiger charge is -2.33. The van der Waals surface area contributed by atoms with Crippen LogP contribution in [0.1, 0.15) is 40.5 Å². The van der Waals surface area contributed by atoms with E-state index in [2.05, 4.69) is 15.3 Å². The van der Waals surface area contributed by atoms with Crippen LogP contribution < -0.4 is 10.8 Å². The molecule has 2 saturated heterocycles. The molecule has 0 saturated carbocycles. The number of hydrogen-bond acceptors (Lipinski definition) is 8. The first-order chi connectivity index (χ1) is 13.6. The largest absolute Gasteiger partial charge is 0.498 e. The van der Waals surface area contributed by atoms with E-state index in [0.717, 1.165) is 18.3 Å². The molecular formula is C19H31BN4O5. The molecule has 0 radical (unpaired) electrons. The Balaban J connectivity index is 1.52. The fourth-order valence-electron chi connectivity index (χ4n) is 3.49. The van der Waals surface area contributed by atoms with Crippen molar-refractivity contribution in [3.05, 3.63) is 12.4 Å². The van der Waals surface area contributed by atoms with Crippen molar-refractivity contribution < 1.29 is 24.3 Å². The number of aliphatic hydroxyl groups is 2. The van der Waals surface area contributed by atoms with Crippen molar-refractivity contribution in [2.24, 2.45) is 5.92 Å². The molecule has 1 aromatic heterocycles. The van der Waals surface area contributed by atoms with Gasteiger partial charge in [-0.3, -0.25) is 4.79 Å². The van der Waals surface area contributed by atoms with E-state index >= 15 is 0 Å². The smallest absolute Gasteiger partial charge is 0.399 e.